The molecule has 0 N–H and O–H groups in total. The van der Waals surface area contributed by atoms with E-state index in [1.54, 1.807) is 12.4 Å². The monoisotopic (exact) mass is 371 g/mol. The number of hydrogen-bond donors (Lipinski definition) is 0. The molecule has 2 aromatic carbocycles. The summed E-state index contributed by atoms with van der Waals surface area (Å²) >= 11 is 6.39. The van der Waals surface area contributed by atoms with Crippen molar-refractivity contribution in [1.29, 1.82) is 0 Å². The molecule has 132 valence electrons. The fourth-order valence-electron chi connectivity index (χ4n) is 3.11. The molecule has 0 aliphatic heterocycles. The maximum absolute atomic E-state index is 13.9. The summed E-state index contributed by atoms with van der Waals surface area (Å²) in [6.07, 6.45) is 3.92. The molecule has 1 saturated carbocycles. The van der Waals surface area contributed by atoms with Crippen molar-refractivity contribution in [2.24, 2.45) is 0 Å². The minimum absolute atomic E-state index is 0.356. The number of halogens is 2. The Morgan fingerprint density at radius 3 is 2.69 bits per heavy atom. The minimum atomic E-state index is -0.839. The van der Waals surface area contributed by atoms with Crippen molar-refractivity contribution in [1.82, 2.24) is 9.55 Å². The Morgan fingerprint density at radius 1 is 1.27 bits per heavy atom. The predicted molar refractivity (Wildman–Crippen MR) is 96.8 cm³/mol. The van der Waals surface area contributed by atoms with Gasteiger partial charge in [-0.05, 0) is 30.5 Å². The molecule has 7 heteroatoms. The first kappa shape index (κ1) is 16.7. The van der Waals surface area contributed by atoms with Gasteiger partial charge in [0, 0.05) is 29.1 Å². The molecule has 5 nitrogen and oxygen atoms in total. The molecule has 1 aliphatic carbocycles. The summed E-state index contributed by atoms with van der Waals surface area (Å²) in [6.45, 7) is 0.356. The van der Waals surface area contributed by atoms with E-state index in [2.05, 4.69) is 4.98 Å². The molecular formula is C19H15ClFN3O2. The summed E-state index contributed by atoms with van der Waals surface area (Å²) in [5.74, 6) is -0.412. The van der Waals surface area contributed by atoms with Gasteiger partial charge in [-0.3, -0.25) is 10.1 Å². The molecular weight excluding hydrogens is 357 g/mol. The van der Waals surface area contributed by atoms with Gasteiger partial charge in [-0.2, -0.15) is 4.39 Å². The molecule has 0 atom stereocenters. The maximum atomic E-state index is 13.9. The van der Waals surface area contributed by atoms with Crippen molar-refractivity contribution in [2.75, 3.05) is 0 Å². The van der Waals surface area contributed by atoms with Crippen molar-refractivity contribution >= 4 is 17.3 Å². The van der Waals surface area contributed by atoms with Crippen molar-refractivity contribution in [3.63, 3.8) is 0 Å². The summed E-state index contributed by atoms with van der Waals surface area (Å²) in [6, 6.07) is 11.5. The summed E-state index contributed by atoms with van der Waals surface area (Å²) in [4.78, 5) is 14.6. The van der Waals surface area contributed by atoms with Crippen LogP contribution in [0.3, 0.4) is 0 Å². The quantitative estimate of drug-likeness (QED) is 0.458. The van der Waals surface area contributed by atoms with E-state index in [-0.39, 0.29) is 0 Å². The molecule has 0 saturated heterocycles. The van der Waals surface area contributed by atoms with Crippen LogP contribution in [0.5, 0.6) is 0 Å². The van der Waals surface area contributed by atoms with E-state index in [1.165, 1.54) is 12.1 Å². The normalized spacial score (nSPS) is 13.8. The molecule has 0 bridgehead atoms. The van der Waals surface area contributed by atoms with Gasteiger partial charge in [0.1, 0.15) is 0 Å². The highest BCUT2D eigenvalue weighted by Gasteiger charge is 2.30. The second kappa shape index (κ2) is 6.53. The van der Waals surface area contributed by atoms with Crippen LogP contribution in [0.1, 0.15) is 30.0 Å². The van der Waals surface area contributed by atoms with E-state index >= 15 is 0 Å². The Hall–Kier alpha value is -2.73. The summed E-state index contributed by atoms with van der Waals surface area (Å²) < 4.78 is 15.9. The highest BCUT2D eigenvalue weighted by molar-refractivity contribution is 6.33. The zero-order chi connectivity index (χ0) is 18.3. The predicted octanol–water partition coefficient (Wildman–Crippen LogP) is 5.18. The Balaban J connectivity index is 1.75. The van der Waals surface area contributed by atoms with E-state index in [0.29, 0.717) is 23.0 Å². The van der Waals surface area contributed by atoms with Gasteiger partial charge in [0.25, 0.3) is 0 Å². The number of nitro benzene ring substituents is 1. The van der Waals surface area contributed by atoms with Gasteiger partial charge in [-0.15, -0.1) is 0 Å². The fourth-order valence-corrected chi connectivity index (χ4v) is 3.34. The van der Waals surface area contributed by atoms with Crippen molar-refractivity contribution < 1.29 is 9.31 Å². The average Bonchev–Trinajstić information content (AvgIpc) is 3.37. The molecule has 1 aromatic heterocycles. The molecule has 3 aromatic rings. The topological polar surface area (TPSA) is 61.0 Å². The summed E-state index contributed by atoms with van der Waals surface area (Å²) in [7, 11) is 0. The number of nitrogens with zero attached hydrogens (tertiary/aromatic N) is 3. The molecule has 0 amide bonds. The maximum Gasteiger partial charge on any atom is 0.304 e. The number of hydrogen-bond acceptors (Lipinski definition) is 3. The van der Waals surface area contributed by atoms with Crippen molar-refractivity contribution in [3.05, 3.63) is 81.0 Å². The number of imidazole rings is 1. The molecule has 1 fully saturated rings. The first-order chi connectivity index (χ1) is 12.5. The van der Waals surface area contributed by atoms with Gasteiger partial charge < -0.3 is 4.57 Å². The van der Waals surface area contributed by atoms with E-state index in [0.717, 1.165) is 29.8 Å². The molecule has 1 heterocycles. The van der Waals surface area contributed by atoms with Crippen LogP contribution in [-0.2, 0) is 6.54 Å². The third kappa shape index (κ3) is 3.08. The van der Waals surface area contributed by atoms with Gasteiger partial charge >= 0.3 is 5.69 Å². The van der Waals surface area contributed by atoms with E-state index in [9.17, 15) is 14.5 Å². The van der Waals surface area contributed by atoms with Crippen molar-refractivity contribution in [2.45, 2.75) is 25.3 Å². The van der Waals surface area contributed by atoms with Gasteiger partial charge in [-0.25, -0.2) is 4.98 Å². The van der Waals surface area contributed by atoms with Crippen LogP contribution in [0, 0.1) is 15.9 Å². The van der Waals surface area contributed by atoms with Crippen LogP contribution in [0.15, 0.2) is 48.8 Å². The molecule has 26 heavy (non-hydrogen) atoms. The fraction of sp³-hybridized carbons (Fsp3) is 0.211. The lowest BCUT2D eigenvalue weighted by molar-refractivity contribution is -0.387. The Bertz CT molecular complexity index is 998. The lowest BCUT2D eigenvalue weighted by atomic mass is 10.1. The van der Waals surface area contributed by atoms with Crippen molar-refractivity contribution in [3.8, 4) is 11.3 Å². The largest absolute Gasteiger partial charge is 0.326 e. The number of benzene rings is 2. The Labute approximate surface area is 154 Å². The number of nitro groups is 1. The third-order valence-corrected chi connectivity index (χ3v) is 4.85. The first-order valence-electron chi connectivity index (χ1n) is 8.27. The van der Waals surface area contributed by atoms with E-state index in [4.69, 9.17) is 11.6 Å². The molecule has 0 spiro atoms. The van der Waals surface area contributed by atoms with Crippen LogP contribution >= 0.6 is 11.6 Å². The highest BCUT2D eigenvalue weighted by Crippen LogP contribution is 2.44. The van der Waals surface area contributed by atoms with Crippen LogP contribution in [0.4, 0.5) is 10.1 Å². The van der Waals surface area contributed by atoms with E-state index < -0.39 is 16.4 Å². The highest BCUT2D eigenvalue weighted by atomic mass is 35.5. The lowest BCUT2D eigenvalue weighted by Crippen LogP contribution is -2.03. The van der Waals surface area contributed by atoms with Crippen LogP contribution in [0.2, 0.25) is 5.02 Å². The Morgan fingerprint density at radius 2 is 2.04 bits per heavy atom. The van der Waals surface area contributed by atoms with Gasteiger partial charge in [-0.1, -0.05) is 35.9 Å². The Kier molecular flexibility index (Phi) is 4.20. The molecule has 0 unspecified atom stereocenters. The summed E-state index contributed by atoms with van der Waals surface area (Å²) in [5.41, 5.74) is 2.92. The van der Waals surface area contributed by atoms with Crippen LogP contribution in [0.25, 0.3) is 11.3 Å². The van der Waals surface area contributed by atoms with Gasteiger partial charge in [0.15, 0.2) is 0 Å². The molecule has 0 radical (unpaired) electrons. The molecule has 1 aliphatic rings. The molecule has 4 rings (SSSR count). The standard InChI is InChI=1S/C19H15ClFN3O2/c20-15-4-2-1-3-14(15)19-18(13-6-7-13)22-11-23(19)10-12-5-8-17(24(25)26)16(21)9-12/h1-5,8-9,11,13H,6-7,10H2. The van der Waals surface area contributed by atoms with Gasteiger partial charge in [0.2, 0.25) is 5.82 Å². The zero-order valence-corrected chi connectivity index (χ0v) is 14.5. The van der Waals surface area contributed by atoms with Gasteiger partial charge in [0.05, 0.1) is 22.6 Å². The first-order valence-corrected chi connectivity index (χ1v) is 8.65. The minimum Gasteiger partial charge on any atom is -0.326 e. The lowest BCUT2D eigenvalue weighted by Gasteiger charge is -2.12. The van der Waals surface area contributed by atoms with E-state index in [1.807, 2.05) is 28.8 Å². The zero-order valence-electron chi connectivity index (χ0n) is 13.7. The number of aromatic nitrogens is 2. The van der Waals surface area contributed by atoms with Crippen LogP contribution < -0.4 is 0 Å². The number of rotatable bonds is 5. The average molecular weight is 372 g/mol. The SMILES string of the molecule is O=[N+]([O-])c1ccc(Cn2cnc(C3CC3)c2-c2ccccc2Cl)cc1F. The third-order valence-electron chi connectivity index (χ3n) is 4.52. The second-order valence-corrected chi connectivity index (χ2v) is 6.81. The second-order valence-electron chi connectivity index (χ2n) is 6.40. The summed E-state index contributed by atoms with van der Waals surface area (Å²) in [5, 5.41) is 11.4. The smallest absolute Gasteiger partial charge is 0.304 e. The van der Waals surface area contributed by atoms with Crippen LogP contribution in [-0.4, -0.2) is 14.5 Å².